The Labute approximate surface area is 136 Å². The number of aryl methyl sites for hydroxylation is 2. The number of hydrogen-bond acceptors (Lipinski definition) is 4. The molecule has 0 N–H and O–H groups in total. The van der Waals surface area contributed by atoms with Crippen molar-refractivity contribution in [3.8, 4) is 17.3 Å². The molecule has 0 aliphatic heterocycles. The molecule has 0 atom stereocenters. The molecule has 0 radical (unpaired) electrons. The van der Waals surface area contributed by atoms with Crippen molar-refractivity contribution >= 4 is 0 Å². The molecule has 0 spiro atoms. The van der Waals surface area contributed by atoms with E-state index in [-0.39, 0.29) is 0 Å². The maximum absolute atomic E-state index is 5.87. The zero-order valence-electron chi connectivity index (χ0n) is 13.4. The second-order valence-electron chi connectivity index (χ2n) is 5.38. The molecular weight excluding hydrogens is 286 g/mol. The fraction of sp³-hybridized carbons (Fsp3) is 0.211. The van der Waals surface area contributed by atoms with Gasteiger partial charge in [-0.05, 0) is 31.0 Å². The van der Waals surface area contributed by atoms with Gasteiger partial charge in [0.25, 0.3) is 0 Å². The highest BCUT2D eigenvalue weighted by atomic mass is 16.5. The second kappa shape index (κ2) is 7.01. The summed E-state index contributed by atoms with van der Waals surface area (Å²) in [5.74, 6) is 1.27. The van der Waals surface area contributed by atoms with Gasteiger partial charge in [0.2, 0.25) is 5.88 Å². The molecule has 0 aliphatic carbocycles. The van der Waals surface area contributed by atoms with Crippen molar-refractivity contribution in [2.75, 3.05) is 0 Å². The molecule has 0 aliphatic rings. The molecule has 116 valence electrons. The summed E-state index contributed by atoms with van der Waals surface area (Å²) in [6, 6.07) is 14.0. The molecular formula is C19H19N3O. The molecule has 2 heterocycles. The van der Waals surface area contributed by atoms with Crippen LogP contribution in [0.1, 0.15) is 23.7 Å². The monoisotopic (exact) mass is 305 g/mol. The topological polar surface area (TPSA) is 47.9 Å². The van der Waals surface area contributed by atoms with Crippen molar-refractivity contribution in [2.45, 2.75) is 26.9 Å². The number of aromatic nitrogens is 3. The highest BCUT2D eigenvalue weighted by molar-refractivity contribution is 5.54. The molecule has 1 aromatic carbocycles. The minimum Gasteiger partial charge on any atom is -0.473 e. The Balaban J connectivity index is 1.82. The minimum absolute atomic E-state index is 0.496. The Morgan fingerprint density at radius 3 is 2.39 bits per heavy atom. The summed E-state index contributed by atoms with van der Waals surface area (Å²) in [5, 5.41) is 0. The molecule has 0 unspecified atom stereocenters. The van der Waals surface area contributed by atoms with E-state index in [1.807, 2.05) is 18.2 Å². The van der Waals surface area contributed by atoms with E-state index in [4.69, 9.17) is 4.74 Å². The molecule has 0 amide bonds. The molecule has 0 saturated carbocycles. The van der Waals surface area contributed by atoms with Gasteiger partial charge in [0, 0.05) is 29.7 Å². The first kappa shape index (κ1) is 15.2. The summed E-state index contributed by atoms with van der Waals surface area (Å²) in [7, 11) is 0. The van der Waals surface area contributed by atoms with Crippen LogP contribution in [0, 0.1) is 6.92 Å². The van der Waals surface area contributed by atoms with Crippen molar-refractivity contribution in [1.82, 2.24) is 15.0 Å². The average molecular weight is 305 g/mol. The van der Waals surface area contributed by atoms with Crippen molar-refractivity contribution in [3.05, 3.63) is 71.7 Å². The van der Waals surface area contributed by atoms with E-state index in [9.17, 15) is 0 Å². The van der Waals surface area contributed by atoms with Gasteiger partial charge in [-0.15, -0.1) is 0 Å². The van der Waals surface area contributed by atoms with Crippen LogP contribution in [0.15, 0.2) is 54.9 Å². The SMILES string of the molecule is CCc1cc(OCc2ccc(C)cc2)nc(-c2ccncc2)n1. The van der Waals surface area contributed by atoms with Crippen molar-refractivity contribution in [3.63, 3.8) is 0 Å². The Morgan fingerprint density at radius 2 is 1.70 bits per heavy atom. The van der Waals surface area contributed by atoms with Crippen LogP contribution < -0.4 is 4.74 Å². The zero-order valence-corrected chi connectivity index (χ0v) is 13.4. The van der Waals surface area contributed by atoms with E-state index in [1.165, 1.54) is 5.56 Å². The molecule has 0 bridgehead atoms. The van der Waals surface area contributed by atoms with Crippen LogP contribution in [0.4, 0.5) is 0 Å². The quantitative estimate of drug-likeness (QED) is 0.715. The number of pyridine rings is 1. The lowest BCUT2D eigenvalue weighted by Gasteiger charge is -2.09. The normalized spacial score (nSPS) is 10.5. The molecule has 3 aromatic rings. The highest BCUT2D eigenvalue weighted by Crippen LogP contribution is 2.19. The fourth-order valence-electron chi connectivity index (χ4n) is 2.20. The number of nitrogens with zero attached hydrogens (tertiary/aromatic N) is 3. The summed E-state index contributed by atoms with van der Waals surface area (Å²) >= 11 is 0. The highest BCUT2D eigenvalue weighted by Gasteiger charge is 2.07. The Morgan fingerprint density at radius 1 is 0.957 bits per heavy atom. The first-order chi connectivity index (χ1) is 11.2. The minimum atomic E-state index is 0.496. The lowest BCUT2D eigenvalue weighted by atomic mass is 10.2. The largest absolute Gasteiger partial charge is 0.473 e. The lowest BCUT2D eigenvalue weighted by molar-refractivity contribution is 0.293. The van der Waals surface area contributed by atoms with Gasteiger partial charge < -0.3 is 4.74 Å². The van der Waals surface area contributed by atoms with Gasteiger partial charge >= 0.3 is 0 Å². The van der Waals surface area contributed by atoms with Crippen LogP contribution in [0.5, 0.6) is 5.88 Å². The van der Waals surface area contributed by atoms with Crippen LogP contribution in [0.3, 0.4) is 0 Å². The van der Waals surface area contributed by atoms with E-state index in [0.29, 0.717) is 18.3 Å². The van der Waals surface area contributed by atoms with Gasteiger partial charge in [-0.1, -0.05) is 36.8 Å². The summed E-state index contributed by atoms with van der Waals surface area (Å²) in [5.41, 5.74) is 4.27. The van der Waals surface area contributed by atoms with Crippen LogP contribution in [0.2, 0.25) is 0 Å². The number of hydrogen-bond donors (Lipinski definition) is 0. The maximum Gasteiger partial charge on any atom is 0.217 e. The molecule has 0 fully saturated rings. The fourth-order valence-corrected chi connectivity index (χ4v) is 2.20. The number of rotatable bonds is 5. The summed E-state index contributed by atoms with van der Waals surface area (Å²) in [6.45, 7) is 4.64. The average Bonchev–Trinajstić information content (AvgIpc) is 2.61. The van der Waals surface area contributed by atoms with Gasteiger partial charge in [0.05, 0.1) is 0 Å². The van der Waals surface area contributed by atoms with Gasteiger partial charge in [-0.3, -0.25) is 4.98 Å². The maximum atomic E-state index is 5.87. The first-order valence-corrected chi connectivity index (χ1v) is 7.71. The van der Waals surface area contributed by atoms with E-state index in [1.54, 1.807) is 12.4 Å². The predicted molar refractivity (Wildman–Crippen MR) is 90.2 cm³/mol. The summed E-state index contributed by atoms with van der Waals surface area (Å²) < 4.78 is 5.87. The van der Waals surface area contributed by atoms with Crippen molar-refractivity contribution in [2.24, 2.45) is 0 Å². The Hall–Kier alpha value is -2.75. The van der Waals surface area contributed by atoms with E-state index < -0.39 is 0 Å². The predicted octanol–water partition coefficient (Wildman–Crippen LogP) is 3.99. The van der Waals surface area contributed by atoms with Crippen molar-refractivity contribution in [1.29, 1.82) is 0 Å². The molecule has 3 rings (SSSR count). The zero-order chi connectivity index (χ0) is 16.1. The van der Waals surface area contributed by atoms with E-state index in [2.05, 4.69) is 53.1 Å². The smallest absolute Gasteiger partial charge is 0.217 e. The van der Waals surface area contributed by atoms with Gasteiger partial charge in [-0.2, -0.15) is 4.98 Å². The van der Waals surface area contributed by atoms with E-state index >= 15 is 0 Å². The number of ether oxygens (including phenoxy) is 1. The lowest BCUT2D eigenvalue weighted by Crippen LogP contribution is -2.02. The third kappa shape index (κ3) is 3.92. The van der Waals surface area contributed by atoms with Gasteiger partial charge in [-0.25, -0.2) is 4.98 Å². The van der Waals surface area contributed by atoms with Crippen LogP contribution >= 0.6 is 0 Å². The molecule has 0 saturated heterocycles. The van der Waals surface area contributed by atoms with Crippen LogP contribution in [0.25, 0.3) is 11.4 Å². The molecule has 23 heavy (non-hydrogen) atoms. The second-order valence-corrected chi connectivity index (χ2v) is 5.38. The number of benzene rings is 1. The Kier molecular flexibility index (Phi) is 4.62. The first-order valence-electron chi connectivity index (χ1n) is 7.71. The summed E-state index contributed by atoms with van der Waals surface area (Å²) in [6.07, 6.45) is 4.32. The van der Waals surface area contributed by atoms with Gasteiger partial charge in [0.1, 0.15) is 6.61 Å². The molecule has 4 nitrogen and oxygen atoms in total. The van der Waals surface area contributed by atoms with Crippen molar-refractivity contribution < 1.29 is 4.74 Å². The van der Waals surface area contributed by atoms with E-state index in [0.717, 1.165) is 23.2 Å². The summed E-state index contributed by atoms with van der Waals surface area (Å²) in [4.78, 5) is 13.1. The van der Waals surface area contributed by atoms with Gasteiger partial charge in [0.15, 0.2) is 5.82 Å². The third-order valence-corrected chi connectivity index (χ3v) is 3.56. The Bertz CT molecular complexity index is 770. The van der Waals surface area contributed by atoms with Crippen LogP contribution in [-0.4, -0.2) is 15.0 Å². The standard InChI is InChI=1S/C19H19N3O/c1-3-17-12-18(23-13-15-6-4-14(2)5-7-15)22-19(21-17)16-8-10-20-11-9-16/h4-12H,3,13H2,1-2H3. The third-order valence-electron chi connectivity index (χ3n) is 3.56. The molecule has 4 heteroatoms. The van der Waals surface area contributed by atoms with Crippen LogP contribution in [-0.2, 0) is 13.0 Å². The molecule has 2 aromatic heterocycles.